The Hall–Kier alpha value is -0.780. The van der Waals surface area contributed by atoms with Gasteiger partial charge in [0.15, 0.2) is 0 Å². The second kappa shape index (κ2) is 6.08. The summed E-state index contributed by atoms with van der Waals surface area (Å²) in [6.45, 7) is 0.743. The van der Waals surface area contributed by atoms with Crippen molar-refractivity contribution in [3.8, 4) is 0 Å². The molecule has 3 nitrogen and oxygen atoms in total. The molecule has 0 aliphatic heterocycles. The smallest absolute Gasteiger partial charge is 0.353 e. The molecule has 1 rings (SSSR count). The molecule has 16 heavy (non-hydrogen) atoms. The molecule has 0 aromatic heterocycles. The largest absolute Gasteiger partial charge is 0.389 e. The normalized spacial score (nSPS) is 16.2. The van der Waals surface area contributed by atoms with Crippen LogP contribution in [0.1, 0.15) is 32.1 Å². The summed E-state index contributed by atoms with van der Waals surface area (Å²) in [4.78, 5) is 11.2. The van der Waals surface area contributed by atoms with Crippen molar-refractivity contribution in [2.24, 2.45) is 0 Å². The van der Waals surface area contributed by atoms with Crippen molar-refractivity contribution in [2.45, 2.75) is 44.3 Å². The number of carbonyl (C=O) groups excluding carboxylic acids is 1. The lowest BCUT2D eigenvalue weighted by Crippen LogP contribution is -2.29. The van der Waals surface area contributed by atoms with Crippen LogP contribution in [-0.2, 0) is 4.79 Å². The zero-order valence-corrected chi connectivity index (χ0v) is 9.07. The molecule has 1 aliphatic rings. The Bertz CT molecular complexity index is 227. The molecular weight excluding hydrogens is 221 g/mol. The molecule has 1 fully saturated rings. The first-order chi connectivity index (χ1) is 7.47. The van der Waals surface area contributed by atoms with Crippen molar-refractivity contribution in [3.05, 3.63) is 0 Å². The van der Waals surface area contributed by atoms with Crippen molar-refractivity contribution in [3.63, 3.8) is 0 Å². The summed E-state index contributed by atoms with van der Waals surface area (Å²) in [6, 6.07) is 0.345. The molecule has 2 N–H and O–H groups in total. The van der Waals surface area contributed by atoms with E-state index < -0.39 is 12.6 Å². The topological polar surface area (TPSA) is 41.1 Å². The molecule has 94 valence electrons. The van der Waals surface area contributed by atoms with Crippen LogP contribution >= 0.6 is 0 Å². The molecule has 0 aromatic rings. The standard InChI is InChI=1S/C10H17F3N2O/c11-10(12,13)5-1-6-14-7-4-9(16)15-8-2-3-8/h8,14H,1-7H2,(H,15,16). The Balaban J connectivity index is 1.85. The van der Waals surface area contributed by atoms with E-state index in [0.29, 0.717) is 25.6 Å². The Labute approximate surface area is 92.8 Å². The number of hydrogen-bond donors (Lipinski definition) is 2. The Morgan fingerprint density at radius 1 is 1.25 bits per heavy atom. The quantitative estimate of drug-likeness (QED) is 0.661. The van der Waals surface area contributed by atoms with Gasteiger partial charge >= 0.3 is 6.18 Å². The number of rotatable bonds is 7. The Kier molecular flexibility index (Phi) is 5.05. The average Bonchev–Trinajstić information content (AvgIpc) is 2.93. The average molecular weight is 238 g/mol. The third-order valence-corrected chi connectivity index (χ3v) is 2.29. The van der Waals surface area contributed by atoms with Crippen LogP contribution in [0.15, 0.2) is 0 Å². The fraction of sp³-hybridized carbons (Fsp3) is 0.900. The van der Waals surface area contributed by atoms with Crippen LogP contribution in [0.25, 0.3) is 0 Å². The van der Waals surface area contributed by atoms with Crippen molar-refractivity contribution in [1.29, 1.82) is 0 Å². The molecule has 0 atom stereocenters. The number of carbonyl (C=O) groups is 1. The van der Waals surface area contributed by atoms with E-state index in [-0.39, 0.29) is 12.3 Å². The van der Waals surface area contributed by atoms with Gasteiger partial charge in [0.25, 0.3) is 0 Å². The minimum atomic E-state index is -4.08. The highest BCUT2D eigenvalue weighted by atomic mass is 19.4. The molecule has 0 radical (unpaired) electrons. The minimum absolute atomic E-state index is 0.0224. The maximum Gasteiger partial charge on any atom is 0.389 e. The molecule has 6 heteroatoms. The molecule has 1 saturated carbocycles. The minimum Gasteiger partial charge on any atom is -0.353 e. The maximum absolute atomic E-state index is 11.8. The van der Waals surface area contributed by atoms with Gasteiger partial charge in [-0.25, -0.2) is 0 Å². The van der Waals surface area contributed by atoms with Gasteiger partial charge in [-0.05, 0) is 25.8 Å². The van der Waals surface area contributed by atoms with Crippen molar-refractivity contribution in [2.75, 3.05) is 13.1 Å². The maximum atomic E-state index is 11.8. The van der Waals surface area contributed by atoms with Gasteiger partial charge in [-0.3, -0.25) is 4.79 Å². The summed E-state index contributed by atoms with van der Waals surface area (Å²) in [5.74, 6) is -0.0224. The predicted molar refractivity (Wildman–Crippen MR) is 53.9 cm³/mol. The Morgan fingerprint density at radius 3 is 2.50 bits per heavy atom. The van der Waals surface area contributed by atoms with E-state index in [9.17, 15) is 18.0 Å². The van der Waals surface area contributed by atoms with Gasteiger partial charge in [-0.1, -0.05) is 0 Å². The fourth-order valence-corrected chi connectivity index (χ4v) is 1.27. The highest BCUT2D eigenvalue weighted by Crippen LogP contribution is 2.20. The van der Waals surface area contributed by atoms with Gasteiger partial charge < -0.3 is 10.6 Å². The monoisotopic (exact) mass is 238 g/mol. The van der Waals surface area contributed by atoms with Gasteiger partial charge in [-0.15, -0.1) is 0 Å². The van der Waals surface area contributed by atoms with Crippen LogP contribution in [0.5, 0.6) is 0 Å². The molecule has 1 amide bonds. The summed E-state index contributed by atoms with van der Waals surface area (Å²) in [5, 5.41) is 5.63. The first-order valence-corrected chi connectivity index (χ1v) is 5.54. The van der Waals surface area contributed by atoms with E-state index in [4.69, 9.17) is 0 Å². The highest BCUT2D eigenvalue weighted by molar-refractivity contribution is 5.76. The van der Waals surface area contributed by atoms with Crippen molar-refractivity contribution >= 4 is 5.91 Å². The zero-order chi connectivity index (χ0) is 12.0. The lowest BCUT2D eigenvalue weighted by atomic mass is 10.3. The van der Waals surface area contributed by atoms with E-state index in [0.717, 1.165) is 12.8 Å². The molecule has 0 unspecified atom stereocenters. The summed E-state index contributed by atoms with van der Waals surface area (Å²) in [7, 11) is 0. The molecule has 0 heterocycles. The van der Waals surface area contributed by atoms with Gasteiger partial charge in [0.2, 0.25) is 5.91 Å². The van der Waals surface area contributed by atoms with Crippen LogP contribution in [0.4, 0.5) is 13.2 Å². The number of amides is 1. The van der Waals surface area contributed by atoms with Crippen LogP contribution in [0.2, 0.25) is 0 Å². The van der Waals surface area contributed by atoms with E-state index in [1.807, 2.05) is 0 Å². The molecule has 0 aromatic carbocycles. The van der Waals surface area contributed by atoms with Crippen LogP contribution in [0.3, 0.4) is 0 Å². The molecule has 1 aliphatic carbocycles. The SMILES string of the molecule is O=C(CCNCCCC(F)(F)F)NC1CC1. The van der Waals surface area contributed by atoms with Gasteiger partial charge in [0.05, 0.1) is 0 Å². The van der Waals surface area contributed by atoms with E-state index in [1.54, 1.807) is 0 Å². The lowest BCUT2D eigenvalue weighted by Gasteiger charge is -2.07. The van der Waals surface area contributed by atoms with Crippen LogP contribution < -0.4 is 10.6 Å². The summed E-state index contributed by atoms with van der Waals surface area (Å²) < 4.78 is 35.3. The molecular formula is C10H17F3N2O. The van der Waals surface area contributed by atoms with Gasteiger partial charge in [0, 0.05) is 25.4 Å². The summed E-state index contributed by atoms with van der Waals surface area (Å²) in [6.07, 6.45) is -2.36. The van der Waals surface area contributed by atoms with Gasteiger partial charge in [0.1, 0.15) is 0 Å². The van der Waals surface area contributed by atoms with Crippen molar-refractivity contribution in [1.82, 2.24) is 10.6 Å². The van der Waals surface area contributed by atoms with E-state index >= 15 is 0 Å². The molecule has 0 bridgehead atoms. The molecule has 0 saturated heterocycles. The van der Waals surface area contributed by atoms with Crippen molar-refractivity contribution < 1.29 is 18.0 Å². The highest BCUT2D eigenvalue weighted by Gasteiger charge is 2.25. The van der Waals surface area contributed by atoms with Gasteiger partial charge in [-0.2, -0.15) is 13.2 Å². The van der Waals surface area contributed by atoms with E-state index in [1.165, 1.54) is 0 Å². The number of halogens is 3. The second-order valence-electron chi connectivity index (χ2n) is 4.06. The third-order valence-electron chi connectivity index (χ3n) is 2.29. The first kappa shape index (κ1) is 13.3. The Morgan fingerprint density at radius 2 is 1.94 bits per heavy atom. The number of alkyl halides is 3. The van der Waals surface area contributed by atoms with E-state index in [2.05, 4.69) is 10.6 Å². The lowest BCUT2D eigenvalue weighted by molar-refractivity contribution is -0.135. The van der Waals surface area contributed by atoms with Crippen LogP contribution in [0, 0.1) is 0 Å². The molecule has 0 spiro atoms. The fourth-order valence-electron chi connectivity index (χ4n) is 1.27. The second-order valence-corrected chi connectivity index (χ2v) is 4.06. The summed E-state index contributed by atoms with van der Waals surface area (Å²) in [5.41, 5.74) is 0. The third kappa shape index (κ3) is 7.50. The number of nitrogens with one attached hydrogen (secondary N) is 2. The van der Waals surface area contributed by atoms with Crippen LogP contribution in [-0.4, -0.2) is 31.2 Å². The zero-order valence-electron chi connectivity index (χ0n) is 9.07. The number of hydrogen-bond acceptors (Lipinski definition) is 2. The predicted octanol–water partition coefficient (Wildman–Crippen LogP) is 1.59. The summed E-state index contributed by atoms with van der Waals surface area (Å²) >= 11 is 0. The first-order valence-electron chi connectivity index (χ1n) is 5.54.